The lowest BCUT2D eigenvalue weighted by Crippen LogP contribution is -2.32. The molecule has 8 nitrogen and oxygen atoms in total. The number of nitro groups is 1. The van der Waals surface area contributed by atoms with Crippen LogP contribution in [0.1, 0.15) is 46.9 Å². The zero-order valence-corrected chi connectivity index (χ0v) is 20.1. The third kappa shape index (κ3) is 3.87. The minimum atomic E-state index is -0.716. The second kappa shape index (κ2) is 8.74. The van der Waals surface area contributed by atoms with Gasteiger partial charge in [0.15, 0.2) is 5.78 Å². The maximum absolute atomic E-state index is 13.7. The molecule has 184 valence electrons. The standard InChI is InChI=1S/C29H24N4O4/c1-17-10-12-18(13-11-17)20-15-23-26(24(34)16-20)25(19-6-5-9-22(14-19)33(36)37)27-28(30-23)31-32(29(27)35)21-7-3-2-4-8-21/h2-14,20,25,30-31H,15-16H2,1H3. The molecule has 0 radical (unpaired) electrons. The van der Waals surface area contributed by atoms with E-state index < -0.39 is 10.8 Å². The lowest BCUT2D eigenvalue weighted by molar-refractivity contribution is -0.384. The van der Waals surface area contributed by atoms with Crippen molar-refractivity contribution in [3.05, 3.63) is 133 Å². The fourth-order valence-electron chi connectivity index (χ4n) is 5.48. The molecule has 0 fully saturated rings. The summed E-state index contributed by atoms with van der Waals surface area (Å²) >= 11 is 0. The van der Waals surface area contributed by atoms with Crippen LogP contribution in [0.25, 0.3) is 5.69 Å². The molecule has 1 aliphatic heterocycles. The average Bonchev–Trinajstić information content (AvgIpc) is 3.24. The molecule has 2 unspecified atom stereocenters. The second-order valence-corrected chi connectivity index (χ2v) is 9.62. The van der Waals surface area contributed by atoms with E-state index in [1.807, 2.05) is 49.4 Å². The summed E-state index contributed by atoms with van der Waals surface area (Å²) in [5, 5.41) is 18.1. The quantitative estimate of drug-likeness (QED) is 0.295. The van der Waals surface area contributed by atoms with Crippen LogP contribution in [-0.4, -0.2) is 20.5 Å². The van der Waals surface area contributed by atoms with Crippen LogP contribution in [0.3, 0.4) is 0 Å². The highest BCUT2D eigenvalue weighted by Gasteiger charge is 2.41. The van der Waals surface area contributed by atoms with Crippen molar-refractivity contribution in [3.63, 3.8) is 0 Å². The van der Waals surface area contributed by atoms with Gasteiger partial charge >= 0.3 is 0 Å². The maximum Gasteiger partial charge on any atom is 0.277 e. The number of non-ortho nitro benzene ring substituents is 1. The Morgan fingerprint density at radius 3 is 2.41 bits per heavy atom. The molecule has 2 N–H and O–H groups in total. The molecular formula is C29H24N4O4. The van der Waals surface area contributed by atoms with E-state index in [0.29, 0.717) is 41.0 Å². The SMILES string of the molecule is Cc1ccc(C2CC(=O)C3=C(C2)Nc2[nH]n(-c4ccccc4)c(=O)c2C3c2cccc([N+](=O)[O-])c2)cc1. The number of nitrogens with one attached hydrogen (secondary N) is 2. The Kier molecular flexibility index (Phi) is 5.37. The van der Waals surface area contributed by atoms with Gasteiger partial charge < -0.3 is 5.32 Å². The predicted octanol–water partition coefficient (Wildman–Crippen LogP) is 5.34. The minimum absolute atomic E-state index is 0.00501. The number of rotatable bonds is 4. The van der Waals surface area contributed by atoms with Crippen LogP contribution in [0.15, 0.2) is 94.9 Å². The number of nitro benzene ring substituents is 1. The third-order valence-electron chi connectivity index (χ3n) is 7.27. The lowest BCUT2D eigenvalue weighted by Gasteiger charge is -2.34. The number of hydrogen-bond donors (Lipinski definition) is 2. The van der Waals surface area contributed by atoms with Gasteiger partial charge in [-0.2, -0.15) is 0 Å². The second-order valence-electron chi connectivity index (χ2n) is 9.62. The van der Waals surface area contributed by atoms with Gasteiger partial charge in [-0.05, 0) is 42.5 Å². The summed E-state index contributed by atoms with van der Waals surface area (Å²) < 4.78 is 1.45. The largest absolute Gasteiger partial charge is 0.343 e. The van der Waals surface area contributed by atoms with Gasteiger partial charge in [0.05, 0.1) is 16.2 Å². The van der Waals surface area contributed by atoms with Crippen molar-refractivity contribution in [1.29, 1.82) is 0 Å². The normalized spacial score (nSPS) is 18.7. The van der Waals surface area contributed by atoms with Crippen molar-refractivity contribution in [1.82, 2.24) is 9.78 Å². The number of para-hydroxylation sites is 1. The number of hydrogen-bond acceptors (Lipinski definition) is 5. The first-order valence-electron chi connectivity index (χ1n) is 12.1. The molecule has 2 atom stereocenters. The summed E-state index contributed by atoms with van der Waals surface area (Å²) in [6, 6.07) is 23.6. The Morgan fingerprint density at radius 2 is 1.68 bits per heavy atom. The van der Waals surface area contributed by atoms with Crippen molar-refractivity contribution in [2.75, 3.05) is 5.32 Å². The number of aromatic amines is 1. The Labute approximate surface area is 212 Å². The van der Waals surface area contributed by atoms with Crippen molar-refractivity contribution >= 4 is 17.3 Å². The number of carbonyl (C=O) groups is 1. The zero-order valence-electron chi connectivity index (χ0n) is 20.1. The van der Waals surface area contributed by atoms with Gasteiger partial charge in [0, 0.05) is 35.7 Å². The number of anilines is 1. The predicted molar refractivity (Wildman–Crippen MR) is 140 cm³/mol. The molecule has 4 aromatic rings. The number of ketones is 1. The van der Waals surface area contributed by atoms with E-state index in [1.54, 1.807) is 12.1 Å². The Morgan fingerprint density at radius 1 is 0.919 bits per heavy atom. The summed E-state index contributed by atoms with van der Waals surface area (Å²) in [7, 11) is 0. The minimum Gasteiger partial charge on any atom is -0.343 e. The van der Waals surface area contributed by atoms with Crippen molar-refractivity contribution in [2.24, 2.45) is 0 Å². The van der Waals surface area contributed by atoms with Crippen LogP contribution in [0, 0.1) is 17.0 Å². The monoisotopic (exact) mass is 492 g/mol. The van der Waals surface area contributed by atoms with Crippen LogP contribution in [0.5, 0.6) is 0 Å². The van der Waals surface area contributed by atoms with Gasteiger partial charge in [0.25, 0.3) is 11.2 Å². The Balaban J connectivity index is 1.52. The molecule has 8 heteroatoms. The molecule has 0 bridgehead atoms. The van der Waals surface area contributed by atoms with Crippen LogP contribution in [-0.2, 0) is 4.79 Å². The number of benzene rings is 3. The molecule has 1 aliphatic carbocycles. The van der Waals surface area contributed by atoms with E-state index in [2.05, 4.69) is 22.5 Å². The first-order valence-corrected chi connectivity index (χ1v) is 12.1. The van der Waals surface area contributed by atoms with Crippen LogP contribution < -0.4 is 10.9 Å². The van der Waals surface area contributed by atoms with Gasteiger partial charge in [-0.3, -0.25) is 24.8 Å². The highest BCUT2D eigenvalue weighted by molar-refractivity contribution is 6.01. The zero-order chi connectivity index (χ0) is 25.7. The van der Waals surface area contributed by atoms with Crippen LogP contribution in [0.2, 0.25) is 0 Å². The molecule has 6 rings (SSSR count). The molecule has 2 aliphatic rings. The number of allylic oxidation sites excluding steroid dienone is 2. The van der Waals surface area contributed by atoms with E-state index in [0.717, 1.165) is 16.8 Å². The number of aromatic nitrogens is 2. The molecule has 1 aromatic heterocycles. The highest BCUT2D eigenvalue weighted by Crippen LogP contribution is 2.47. The molecule has 37 heavy (non-hydrogen) atoms. The molecule has 2 heterocycles. The van der Waals surface area contributed by atoms with Crippen LogP contribution in [0.4, 0.5) is 11.5 Å². The molecule has 0 saturated heterocycles. The molecule has 0 amide bonds. The number of carbonyl (C=O) groups excluding carboxylic acids is 1. The van der Waals surface area contributed by atoms with Crippen molar-refractivity contribution in [2.45, 2.75) is 31.6 Å². The number of H-pyrrole nitrogens is 1. The van der Waals surface area contributed by atoms with Gasteiger partial charge in [-0.25, -0.2) is 4.68 Å². The summed E-state index contributed by atoms with van der Waals surface area (Å²) in [6.07, 6.45) is 0.898. The molecule has 3 aromatic carbocycles. The molecular weight excluding hydrogens is 468 g/mol. The molecule has 0 spiro atoms. The summed E-state index contributed by atoms with van der Waals surface area (Å²) in [4.78, 5) is 38.6. The van der Waals surface area contributed by atoms with Gasteiger partial charge in [0.2, 0.25) is 0 Å². The first kappa shape index (κ1) is 22.7. The number of Topliss-reactive ketones (excluding diaryl/α,β-unsaturated/α-hetero) is 1. The van der Waals surface area contributed by atoms with Crippen LogP contribution >= 0.6 is 0 Å². The average molecular weight is 493 g/mol. The Bertz CT molecular complexity index is 1630. The van der Waals surface area contributed by atoms with E-state index >= 15 is 0 Å². The maximum atomic E-state index is 13.7. The number of aryl methyl sites for hydroxylation is 1. The number of nitrogens with zero attached hydrogens (tertiary/aromatic N) is 2. The Hall–Kier alpha value is -4.72. The summed E-state index contributed by atoms with van der Waals surface area (Å²) in [5.41, 5.74) is 4.68. The highest BCUT2D eigenvalue weighted by atomic mass is 16.6. The van der Waals surface area contributed by atoms with Gasteiger partial charge in [-0.15, -0.1) is 0 Å². The third-order valence-corrected chi connectivity index (χ3v) is 7.27. The van der Waals surface area contributed by atoms with Gasteiger partial charge in [0.1, 0.15) is 5.82 Å². The fraction of sp³-hybridized carbons (Fsp3) is 0.172. The topological polar surface area (TPSA) is 110 Å². The summed E-state index contributed by atoms with van der Waals surface area (Å²) in [6.45, 7) is 2.03. The van der Waals surface area contributed by atoms with E-state index in [1.165, 1.54) is 16.8 Å². The summed E-state index contributed by atoms with van der Waals surface area (Å²) in [5.74, 6) is -0.282. The fourth-order valence-corrected chi connectivity index (χ4v) is 5.48. The number of fused-ring (bicyclic) bond motifs is 1. The van der Waals surface area contributed by atoms with Crippen molar-refractivity contribution < 1.29 is 9.72 Å². The van der Waals surface area contributed by atoms with E-state index in [9.17, 15) is 19.7 Å². The lowest BCUT2D eigenvalue weighted by atomic mass is 9.72. The smallest absolute Gasteiger partial charge is 0.277 e. The van der Waals surface area contributed by atoms with E-state index in [4.69, 9.17) is 0 Å². The molecule has 0 saturated carbocycles. The first-order chi connectivity index (χ1) is 17.9. The van der Waals surface area contributed by atoms with Gasteiger partial charge in [-0.1, -0.05) is 60.2 Å². The van der Waals surface area contributed by atoms with E-state index in [-0.39, 0.29) is 22.9 Å². The van der Waals surface area contributed by atoms with Crippen molar-refractivity contribution in [3.8, 4) is 5.69 Å².